The summed E-state index contributed by atoms with van der Waals surface area (Å²) in [4.78, 5) is 44.3. The van der Waals surface area contributed by atoms with E-state index in [0.29, 0.717) is 22.8 Å². The van der Waals surface area contributed by atoms with E-state index in [1.165, 1.54) is 43.6 Å². The van der Waals surface area contributed by atoms with E-state index in [-0.39, 0.29) is 33.0 Å². The van der Waals surface area contributed by atoms with Crippen LogP contribution in [-0.4, -0.2) is 47.1 Å². The number of halogens is 3. The third-order valence-electron chi connectivity index (χ3n) is 7.75. The van der Waals surface area contributed by atoms with Crippen LogP contribution in [-0.2, 0) is 15.0 Å². The molecule has 1 fully saturated rings. The number of pyridine rings is 1. The van der Waals surface area contributed by atoms with Crippen LogP contribution in [0.4, 0.5) is 15.8 Å². The second-order valence-corrected chi connectivity index (χ2v) is 12.5. The molecule has 2 amide bonds. The van der Waals surface area contributed by atoms with Crippen LogP contribution < -0.4 is 20.7 Å². The summed E-state index contributed by atoms with van der Waals surface area (Å²) < 4.78 is 21.2. The molecule has 12 heteroatoms. The maximum Gasteiger partial charge on any atom is 0.335 e. The Hall–Kier alpha value is -3.73. The van der Waals surface area contributed by atoms with Crippen molar-refractivity contribution in [1.29, 1.82) is 0 Å². The first-order chi connectivity index (χ1) is 19.8. The van der Waals surface area contributed by atoms with E-state index in [4.69, 9.17) is 27.9 Å². The average molecular weight is 615 g/mol. The number of amides is 2. The molecule has 42 heavy (non-hydrogen) atoms. The van der Waals surface area contributed by atoms with Crippen LogP contribution >= 0.6 is 23.2 Å². The number of carbonyl (C=O) groups is 3. The predicted molar refractivity (Wildman–Crippen MR) is 157 cm³/mol. The molecular formula is C30H29Cl2FN4O5. The Morgan fingerprint density at radius 3 is 2.60 bits per heavy atom. The van der Waals surface area contributed by atoms with Crippen LogP contribution in [0.25, 0.3) is 0 Å². The zero-order chi connectivity index (χ0) is 30.6. The van der Waals surface area contributed by atoms with Gasteiger partial charge in [-0.2, -0.15) is 0 Å². The molecule has 1 saturated heterocycles. The minimum absolute atomic E-state index is 0.0316. The Morgan fingerprint density at radius 1 is 1.19 bits per heavy atom. The number of methoxy groups -OCH3 is 1. The van der Waals surface area contributed by atoms with Gasteiger partial charge in [-0.3, -0.25) is 14.6 Å². The molecule has 3 aromatic rings. The molecule has 2 aromatic carbocycles. The van der Waals surface area contributed by atoms with Gasteiger partial charge in [0, 0.05) is 18.2 Å². The van der Waals surface area contributed by atoms with Crippen molar-refractivity contribution in [1.82, 2.24) is 10.3 Å². The lowest BCUT2D eigenvalue weighted by atomic mass is 9.64. The molecule has 0 bridgehead atoms. The van der Waals surface area contributed by atoms with Crippen molar-refractivity contribution in [3.63, 3.8) is 0 Å². The van der Waals surface area contributed by atoms with Crippen LogP contribution in [0.5, 0.6) is 5.75 Å². The minimum atomic E-state index is -1.52. The SMILES string of the molecule is COc1cc(C(=O)O)ccc1NC(=O)[C@@H]1N[C@@H](CC(C)(C)C)[C@@]2(C(=O)Nc3cc(Cl)cnc32)[C@H]1c1cccc(Cl)c1F. The monoisotopic (exact) mass is 614 g/mol. The number of aromatic carboxylic acids is 1. The van der Waals surface area contributed by atoms with Crippen LogP contribution in [0.2, 0.25) is 10.0 Å². The first-order valence-corrected chi connectivity index (χ1v) is 13.9. The number of carboxylic acids is 1. The van der Waals surface area contributed by atoms with Crippen molar-refractivity contribution in [3.8, 4) is 5.75 Å². The van der Waals surface area contributed by atoms with E-state index >= 15 is 4.39 Å². The van der Waals surface area contributed by atoms with Gasteiger partial charge in [0.1, 0.15) is 17.0 Å². The quantitative estimate of drug-likeness (QED) is 0.283. The lowest BCUT2D eigenvalue weighted by Gasteiger charge is -2.37. The van der Waals surface area contributed by atoms with Gasteiger partial charge in [-0.15, -0.1) is 0 Å². The number of ether oxygens (including phenoxy) is 1. The van der Waals surface area contributed by atoms with E-state index < -0.39 is 47.0 Å². The van der Waals surface area contributed by atoms with Gasteiger partial charge in [0.15, 0.2) is 0 Å². The maximum absolute atomic E-state index is 15.9. The molecular weight excluding hydrogens is 586 g/mol. The van der Waals surface area contributed by atoms with Gasteiger partial charge in [0.2, 0.25) is 11.8 Å². The number of nitrogens with one attached hydrogen (secondary N) is 3. The van der Waals surface area contributed by atoms with E-state index in [9.17, 15) is 19.5 Å². The number of anilines is 2. The molecule has 9 nitrogen and oxygen atoms in total. The number of benzene rings is 2. The van der Waals surface area contributed by atoms with E-state index in [0.717, 1.165) is 0 Å². The maximum atomic E-state index is 15.9. The fourth-order valence-electron chi connectivity index (χ4n) is 6.12. The second kappa shape index (κ2) is 10.8. The van der Waals surface area contributed by atoms with Gasteiger partial charge >= 0.3 is 5.97 Å². The third-order valence-corrected chi connectivity index (χ3v) is 8.24. The van der Waals surface area contributed by atoms with E-state index in [1.807, 2.05) is 20.8 Å². The highest BCUT2D eigenvalue weighted by molar-refractivity contribution is 6.31. The Bertz CT molecular complexity index is 1610. The molecule has 220 valence electrons. The van der Waals surface area contributed by atoms with Crippen molar-refractivity contribution >= 4 is 52.4 Å². The molecule has 0 saturated carbocycles. The number of hydrogen-bond donors (Lipinski definition) is 4. The molecule has 4 N–H and O–H groups in total. The summed E-state index contributed by atoms with van der Waals surface area (Å²) in [6.07, 6.45) is 1.84. The zero-order valence-electron chi connectivity index (χ0n) is 23.2. The molecule has 3 heterocycles. The highest BCUT2D eigenvalue weighted by Crippen LogP contribution is 2.56. The summed E-state index contributed by atoms with van der Waals surface area (Å²) >= 11 is 12.4. The van der Waals surface area contributed by atoms with Crippen molar-refractivity contribution < 1.29 is 28.6 Å². The van der Waals surface area contributed by atoms with Gasteiger partial charge in [-0.05, 0) is 47.7 Å². The molecule has 1 aromatic heterocycles. The number of nitrogens with zero attached hydrogens (tertiary/aromatic N) is 1. The summed E-state index contributed by atoms with van der Waals surface area (Å²) in [5.74, 6) is -3.93. The Kier molecular flexibility index (Phi) is 7.67. The van der Waals surface area contributed by atoms with Gasteiger partial charge in [-0.25, -0.2) is 9.18 Å². The lowest BCUT2D eigenvalue weighted by Crippen LogP contribution is -2.50. The number of carbonyl (C=O) groups excluding carboxylic acids is 2. The largest absolute Gasteiger partial charge is 0.495 e. The van der Waals surface area contributed by atoms with Crippen molar-refractivity contribution in [2.24, 2.45) is 5.41 Å². The number of aromatic nitrogens is 1. The highest BCUT2D eigenvalue weighted by atomic mass is 35.5. The fourth-order valence-corrected chi connectivity index (χ4v) is 6.46. The zero-order valence-corrected chi connectivity index (χ0v) is 24.7. The average Bonchev–Trinajstić information content (AvgIpc) is 3.39. The molecule has 2 aliphatic rings. The summed E-state index contributed by atoms with van der Waals surface area (Å²) in [7, 11) is 1.35. The second-order valence-electron chi connectivity index (χ2n) is 11.7. The van der Waals surface area contributed by atoms with Crippen molar-refractivity contribution in [2.45, 2.75) is 50.6 Å². The number of fused-ring (bicyclic) bond motifs is 2. The minimum Gasteiger partial charge on any atom is -0.495 e. The molecule has 5 rings (SSSR count). The van der Waals surface area contributed by atoms with Crippen LogP contribution in [0.1, 0.15) is 54.7 Å². The summed E-state index contributed by atoms with van der Waals surface area (Å²) in [6, 6.07) is 8.27. The number of rotatable bonds is 6. The van der Waals surface area contributed by atoms with E-state index in [2.05, 4.69) is 20.9 Å². The van der Waals surface area contributed by atoms with Crippen molar-refractivity contribution in [2.75, 3.05) is 17.7 Å². The third kappa shape index (κ3) is 4.97. The fraction of sp³-hybridized carbons (Fsp3) is 0.333. The van der Waals surface area contributed by atoms with Crippen LogP contribution in [0.3, 0.4) is 0 Å². The van der Waals surface area contributed by atoms with Gasteiger partial charge in [0.05, 0.1) is 45.8 Å². The first kappa shape index (κ1) is 29.8. The standard InChI is InChI=1S/C30H29Cl2FN4O5/c1-29(2,3)12-21-30(25-19(36-28(30)41)11-15(31)13-34-25)22(16-6-5-7-17(32)23(16)33)24(37-21)26(38)35-18-9-8-14(27(39)40)10-20(18)42-4/h5-11,13,21-22,24,37H,12H2,1-4H3,(H,35,38)(H,36,41)(H,39,40)/t21-,22-,24+,30+/m0/s1. The molecule has 1 spiro atoms. The van der Waals surface area contributed by atoms with Crippen LogP contribution in [0.15, 0.2) is 48.7 Å². The Morgan fingerprint density at radius 2 is 1.93 bits per heavy atom. The Labute approximate surface area is 251 Å². The van der Waals surface area contributed by atoms with E-state index in [1.54, 1.807) is 12.1 Å². The summed E-state index contributed by atoms with van der Waals surface area (Å²) in [5.41, 5.74) is -0.865. The van der Waals surface area contributed by atoms with Crippen LogP contribution in [0, 0.1) is 11.2 Å². The smallest absolute Gasteiger partial charge is 0.335 e. The van der Waals surface area contributed by atoms with Crippen molar-refractivity contribution in [3.05, 3.63) is 81.3 Å². The molecule has 2 aliphatic heterocycles. The highest BCUT2D eigenvalue weighted by Gasteiger charge is 2.67. The summed E-state index contributed by atoms with van der Waals surface area (Å²) in [6.45, 7) is 6.01. The van der Waals surface area contributed by atoms with Gasteiger partial charge in [-0.1, -0.05) is 56.1 Å². The Balaban J connectivity index is 1.70. The van der Waals surface area contributed by atoms with Gasteiger partial charge in [0.25, 0.3) is 0 Å². The first-order valence-electron chi connectivity index (χ1n) is 13.2. The number of carboxylic acid groups (broad SMARTS) is 1. The summed E-state index contributed by atoms with van der Waals surface area (Å²) in [5, 5.41) is 18.5. The normalized spacial score (nSPS) is 23.0. The number of hydrogen-bond acceptors (Lipinski definition) is 6. The molecule has 4 atom stereocenters. The molecule has 0 aliphatic carbocycles. The lowest BCUT2D eigenvalue weighted by molar-refractivity contribution is -0.122. The predicted octanol–water partition coefficient (Wildman–Crippen LogP) is 5.62. The molecule has 0 radical (unpaired) electrons. The van der Waals surface area contributed by atoms with Gasteiger partial charge < -0.3 is 25.8 Å². The molecule has 0 unspecified atom stereocenters. The topological polar surface area (TPSA) is 130 Å².